The molecular formula is C27H50IN3O6Si2. The Kier molecular flexibility index (Phi) is 11.5. The minimum atomic E-state index is -2.28. The summed E-state index contributed by atoms with van der Waals surface area (Å²) in [6, 6.07) is 0. The van der Waals surface area contributed by atoms with Crippen LogP contribution in [-0.4, -0.2) is 57.2 Å². The fourth-order valence-electron chi connectivity index (χ4n) is 3.72. The molecule has 1 aliphatic rings. The van der Waals surface area contributed by atoms with Gasteiger partial charge in [-0.15, -0.1) is 0 Å². The average molecular weight is 696 g/mol. The van der Waals surface area contributed by atoms with Crippen LogP contribution in [0.2, 0.25) is 36.3 Å². The molecule has 2 heterocycles. The van der Waals surface area contributed by atoms with Crippen LogP contribution >= 0.6 is 22.6 Å². The van der Waals surface area contributed by atoms with Crippen molar-refractivity contribution in [3.05, 3.63) is 20.3 Å². The molecule has 1 saturated heterocycles. The van der Waals surface area contributed by atoms with Gasteiger partial charge in [0.25, 0.3) is 0 Å². The zero-order valence-electron chi connectivity index (χ0n) is 25.9. The van der Waals surface area contributed by atoms with Crippen LogP contribution in [-0.2, 0) is 18.3 Å². The Morgan fingerprint density at radius 2 is 1.59 bits per heavy atom. The van der Waals surface area contributed by atoms with E-state index < -0.39 is 40.7 Å². The molecule has 1 aromatic rings. The lowest BCUT2D eigenvalue weighted by Crippen LogP contribution is -2.53. The molecule has 0 aromatic carbocycles. The molecule has 4 atom stereocenters. The number of nitrogens with one attached hydrogen (secondary N) is 1. The second-order valence-electron chi connectivity index (χ2n) is 13.5. The molecule has 0 saturated carbocycles. The molecule has 0 radical (unpaired) electrons. The molecule has 2 rings (SSSR count). The van der Waals surface area contributed by atoms with Gasteiger partial charge in [-0.1, -0.05) is 61.3 Å². The van der Waals surface area contributed by atoms with Gasteiger partial charge in [0.15, 0.2) is 28.7 Å². The van der Waals surface area contributed by atoms with Gasteiger partial charge in [0.05, 0.1) is 16.3 Å². The lowest BCUT2D eigenvalue weighted by Gasteiger charge is -2.44. The van der Waals surface area contributed by atoms with Crippen LogP contribution in [0, 0.1) is 3.57 Å². The number of hydrogen-bond donors (Lipinski definition) is 1. The molecule has 9 nitrogen and oxygen atoms in total. The van der Waals surface area contributed by atoms with Crippen molar-refractivity contribution in [3.63, 3.8) is 0 Å². The van der Waals surface area contributed by atoms with Crippen LogP contribution in [0.3, 0.4) is 0 Å². The number of carbonyl (C=O) groups is 1. The van der Waals surface area contributed by atoms with Crippen LogP contribution in [0.15, 0.2) is 11.0 Å². The second-order valence-corrected chi connectivity index (χ2v) is 24.2. The summed E-state index contributed by atoms with van der Waals surface area (Å²) in [4.78, 5) is 29.7. The number of aromatic nitrogens is 2. The van der Waals surface area contributed by atoms with Crippen LogP contribution in [0.25, 0.3) is 0 Å². The topological polar surface area (TPSA) is 101 Å². The first-order valence-corrected chi connectivity index (χ1v) is 20.8. The highest BCUT2D eigenvalue weighted by Crippen LogP contribution is 2.45. The van der Waals surface area contributed by atoms with Gasteiger partial charge < -0.3 is 18.3 Å². The number of unbranched alkanes of at least 4 members (excludes halogenated alkanes) is 2. The van der Waals surface area contributed by atoms with Gasteiger partial charge in [0.2, 0.25) is 0 Å². The van der Waals surface area contributed by atoms with Crippen molar-refractivity contribution in [2.24, 2.45) is 0 Å². The predicted octanol–water partition coefficient (Wildman–Crippen LogP) is 7.28. The van der Waals surface area contributed by atoms with E-state index in [0.29, 0.717) is 10.2 Å². The van der Waals surface area contributed by atoms with E-state index in [4.69, 9.17) is 18.3 Å². The molecule has 1 N–H and O–H groups in total. The lowest BCUT2D eigenvalue weighted by molar-refractivity contribution is -0.0311. The van der Waals surface area contributed by atoms with Crippen molar-refractivity contribution in [2.45, 2.75) is 135 Å². The van der Waals surface area contributed by atoms with Crippen LogP contribution < -0.4 is 11.0 Å². The number of nitrogens with zero attached hydrogens (tertiary/aromatic N) is 2. The zero-order valence-corrected chi connectivity index (χ0v) is 30.1. The summed E-state index contributed by atoms with van der Waals surface area (Å²) >= 11 is 2.06. The van der Waals surface area contributed by atoms with Gasteiger partial charge in [-0.25, -0.2) is 9.59 Å². The Morgan fingerprint density at radius 3 is 2.10 bits per heavy atom. The molecule has 1 aliphatic heterocycles. The van der Waals surface area contributed by atoms with Crippen LogP contribution in [0.1, 0.15) is 80.9 Å². The molecule has 0 aliphatic carbocycles. The third kappa shape index (κ3) is 8.60. The molecule has 0 unspecified atom stereocenters. The molecule has 1 fully saturated rings. The first-order valence-electron chi connectivity index (χ1n) is 14.0. The zero-order chi connectivity index (χ0) is 30.0. The highest BCUT2D eigenvalue weighted by atomic mass is 127. The van der Waals surface area contributed by atoms with Gasteiger partial charge in [-0.3, -0.25) is 9.88 Å². The van der Waals surface area contributed by atoms with E-state index in [-0.39, 0.29) is 28.1 Å². The summed E-state index contributed by atoms with van der Waals surface area (Å²) in [5.41, 5.74) is -0.536. The third-order valence-corrected chi connectivity index (χ3v) is 18.0. The molecule has 39 heavy (non-hydrogen) atoms. The maximum atomic E-state index is 13.3. The van der Waals surface area contributed by atoms with Crippen LogP contribution in [0.4, 0.5) is 10.6 Å². The number of amides is 1. The number of anilines is 1. The molecule has 224 valence electrons. The predicted molar refractivity (Wildman–Crippen MR) is 169 cm³/mol. The minimum Gasteiger partial charge on any atom is -0.449 e. The van der Waals surface area contributed by atoms with Crippen molar-refractivity contribution in [2.75, 3.05) is 11.9 Å². The van der Waals surface area contributed by atoms with E-state index >= 15 is 0 Å². The maximum Gasteiger partial charge on any atom is 0.412 e. The maximum absolute atomic E-state index is 13.3. The van der Waals surface area contributed by atoms with E-state index in [0.717, 1.165) is 19.3 Å². The normalized spacial score (nSPS) is 22.7. The van der Waals surface area contributed by atoms with Gasteiger partial charge in [-0.05, 0) is 72.2 Å². The summed E-state index contributed by atoms with van der Waals surface area (Å²) in [6.07, 6.45) is 2.01. The Labute approximate surface area is 250 Å². The molecule has 12 heteroatoms. The number of ether oxygens (including phenoxy) is 2. The lowest BCUT2D eigenvalue weighted by atomic mass is 10.1. The standard InChI is InChI=1S/C27H50IN3O6Si2/c1-13-14-15-16-34-25(33)30-22-19(28)17-31(24(32)29-22)23-21(37-39(11,12)27(6,7)8)20(18(2)35-23)36-38(9,10)26(3,4)5/h17-18,20-21,23H,13-16H2,1-12H3,(H,29,30,32,33)/t18-,20-,21-,23-/m1/s1. The average Bonchev–Trinajstić information content (AvgIpc) is 3.06. The summed E-state index contributed by atoms with van der Waals surface area (Å²) < 4.78 is 27.6. The summed E-state index contributed by atoms with van der Waals surface area (Å²) in [5.74, 6) is 0.166. The summed E-state index contributed by atoms with van der Waals surface area (Å²) in [7, 11) is -4.46. The summed E-state index contributed by atoms with van der Waals surface area (Å²) in [5, 5.41) is 2.55. The van der Waals surface area contributed by atoms with Gasteiger partial charge in [0.1, 0.15) is 12.2 Å². The van der Waals surface area contributed by atoms with Gasteiger partial charge in [0, 0.05) is 6.20 Å². The largest absolute Gasteiger partial charge is 0.449 e. The molecule has 0 bridgehead atoms. The smallest absolute Gasteiger partial charge is 0.412 e. The van der Waals surface area contributed by atoms with Crippen molar-refractivity contribution >= 4 is 51.1 Å². The van der Waals surface area contributed by atoms with E-state index in [1.807, 2.05) is 6.92 Å². The molecule has 1 amide bonds. The fourth-order valence-corrected chi connectivity index (χ4v) is 6.91. The van der Waals surface area contributed by atoms with E-state index in [1.165, 1.54) is 4.57 Å². The first-order chi connectivity index (χ1) is 17.7. The van der Waals surface area contributed by atoms with Crippen molar-refractivity contribution in [3.8, 4) is 0 Å². The van der Waals surface area contributed by atoms with Crippen molar-refractivity contribution < 1.29 is 23.1 Å². The van der Waals surface area contributed by atoms with Gasteiger partial charge >= 0.3 is 11.8 Å². The molecule has 0 spiro atoms. The Morgan fingerprint density at radius 1 is 1.05 bits per heavy atom. The van der Waals surface area contributed by atoms with Gasteiger partial charge in [-0.2, -0.15) is 4.98 Å². The molecule has 1 aromatic heterocycles. The van der Waals surface area contributed by atoms with Crippen molar-refractivity contribution in [1.29, 1.82) is 0 Å². The summed E-state index contributed by atoms with van der Waals surface area (Å²) in [6.45, 7) is 26.4. The van der Waals surface area contributed by atoms with Crippen molar-refractivity contribution in [1.82, 2.24) is 9.55 Å². The number of rotatable bonds is 10. The Balaban J connectivity index is 2.43. The minimum absolute atomic E-state index is 0.00142. The van der Waals surface area contributed by atoms with Crippen LogP contribution in [0.5, 0.6) is 0 Å². The number of carbonyl (C=O) groups excluding carboxylic acids is 1. The van der Waals surface area contributed by atoms with E-state index in [1.54, 1.807) is 6.20 Å². The quantitative estimate of drug-likeness (QED) is 0.156. The Hall–Kier alpha value is -0.806. The van der Waals surface area contributed by atoms with E-state index in [9.17, 15) is 9.59 Å². The second kappa shape index (κ2) is 13.0. The van der Waals surface area contributed by atoms with E-state index in [2.05, 4.69) is 108 Å². The number of hydrogen-bond acceptors (Lipinski definition) is 7. The monoisotopic (exact) mass is 695 g/mol. The third-order valence-electron chi connectivity index (χ3n) is 8.28. The highest BCUT2D eigenvalue weighted by Gasteiger charge is 2.53. The molecular weight excluding hydrogens is 645 g/mol. The first kappa shape index (κ1) is 34.4. The SMILES string of the molecule is CCCCCOC(=O)Nc1nc(=O)n([C@@H]2O[C@H](C)[C@@H](O[Si](C)(C)C(C)(C)C)[C@H]2O[Si](C)(C)C(C)(C)C)cc1I. The highest BCUT2D eigenvalue weighted by molar-refractivity contribution is 14.1. The Bertz CT molecular complexity index is 1050. The number of halogens is 1. The fraction of sp³-hybridized carbons (Fsp3) is 0.815.